The minimum atomic E-state index is -0.0870. The summed E-state index contributed by atoms with van der Waals surface area (Å²) in [5.74, 6) is 2.67. The number of carbonyl (C=O) groups is 1. The van der Waals surface area contributed by atoms with Crippen LogP contribution in [0.25, 0.3) is 0 Å². The van der Waals surface area contributed by atoms with E-state index in [1.54, 1.807) is 4.90 Å². The molecule has 3 aliphatic heterocycles. The summed E-state index contributed by atoms with van der Waals surface area (Å²) in [6, 6.07) is 9.72. The summed E-state index contributed by atoms with van der Waals surface area (Å²) in [5.41, 5.74) is 3.02. The molecule has 28 heavy (non-hydrogen) atoms. The Morgan fingerprint density at radius 1 is 1.04 bits per heavy atom. The van der Waals surface area contributed by atoms with Crippen LogP contribution in [0, 0.1) is 30.1 Å². The summed E-state index contributed by atoms with van der Waals surface area (Å²) in [4.78, 5) is 15.5. The van der Waals surface area contributed by atoms with Crippen LogP contribution in [0.5, 0.6) is 0 Å². The Morgan fingerprint density at radius 2 is 1.71 bits per heavy atom. The summed E-state index contributed by atoms with van der Waals surface area (Å²) < 4.78 is 0. The first-order valence-electron chi connectivity index (χ1n) is 11.8. The number of piperidine rings is 3. The third-order valence-corrected chi connectivity index (χ3v) is 9.34. The van der Waals surface area contributed by atoms with E-state index in [0.29, 0.717) is 11.9 Å². The molecule has 7 aliphatic rings. The third-order valence-electron chi connectivity index (χ3n) is 9.34. The van der Waals surface area contributed by atoms with Crippen LogP contribution in [0.3, 0.4) is 0 Å². The summed E-state index contributed by atoms with van der Waals surface area (Å²) in [6.07, 6.45) is 10.0. The number of nitrogens with one attached hydrogen (secondary N) is 2. The van der Waals surface area contributed by atoms with Gasteiger partial charge in [-0.25, -0.2) is 0 Å². The molecule has 1 aromatic carbocycles. The highest BCUT2D eigenvalue weighted by Gasteiger charge is 2.61. The van der Waals surface area contributed by atoms with Crippen LogP contribution in [-0.4, -0.2) is 31.6 Å². The summed E-state index contributed by atoms with van der Waals surface area (Å²) >= 11 is 0. The molecule has 0 spiro atoms. The van der Waals surface area contributed by atoms with E-state index in [2.05, 4.69) is 36.5 Å². The molecule has 7 fully saturated rings. The van der Waals surface area contributed by atoms with Gasteiger partial charge in [-0.3, -0.25) is 4.79 Å². The minimum absolute atomic E-state index is 0.0870. The first-order chi connectivity index (χ1) is 13.5. The smallest absolute Gasteiger partial charge is 0.226 e. The third kappa shape index (κ3) is 2.61. The number of hydrogen-bond donors (Lipinski definition) is 2. The quantitative estimate of drug-likeness (QED) is 0.832. The average molecular weight is 380 g/mol. The van der Waals surface area contributed by atoms with Gasteiger partial charge in [-0.1, -0.05) is 29.8 Å². The predicted molar refractivity (Wildman–Crippen MR) is 110 cm³/mol. The Labute approximate surface area is 169 Å². The van der Waals surface area contributed by atoms with Crippen LogP contribution in [0.2, 0.25) is 0 Å². The second-order valence-electron chi connectivity index (χ2n) is 11.3. The van der Waals surface area contributed by atoms with E-state index in [9.17, 15) is 4.79 Å². The van der Waals surface area contributed by atoms with Crippen molar-refractivity contribution in [2.45, 2.75) is 69.7 Å². The van der Waals surface area contributed by atoms with E-state index >= 15 is 0 Å². The van der Waals surface area contributed by atoms with Crippen LogP contribution in [-0.2, 0) is 10.2 Å². The van der Waals surface area contributed by atoms with Crippen LogP contribution in [0.1, 0.15) is 62.5 Å². The standard InChI is InChI=1S/C25H34N2O/c1-17-2-4-21(5-3-17)24-11-18-10-19(12-24)14-25(13-18,16-24)23(28)26-22-15-27-8-6-20(22)7-9-27/h2-5,18-20,22H,6-16H2,1H3,(H,26,28)/p+1/t18-,19+,22-,24?,25?/m1/s1. The monoisotopic (exact) mass is 379 g/mol. The molecular weight excluding hydrogens is 344 g/mol. The molecule has 5 atom stereocenters. The Morgan fingerprint density at radius 3 is 2.32 bits per heavy atom. The minimum Gasteiger partial charge on any atom is -0.347 e. The maximum atomic E-state index is 13.7. The normalized spacial score (nSPS) is 46.0. The zero-order chi connectivity index (χ0) is 18.9. The van der Waals surface area contributed by atoms with Gasteiger partial charge in [0.1, 0.15) is 0 Å². The second-order valence-corrected chi connectivity index (χ2v) is 11.3. The van der Waals surface area contributed by atoms with Crippen molar-refractivity contribution in [1.29, 1.82) is 0 Å². The number of benzene rings is 1. The average Bonchev–Trinajstić information content (AvgIpc) is 2.68. The van der Waals surface area contributed by atoms with E-state index in [-0.39, 0.29) is 10.8 Å². The van der Waals surface area contributed by atoms with Crippen LogP contribution < -0.4 is 10.2 Å². The summed E-state index contributed by atoms with van der Waals surface area (Å²) in [6.45, 7) is 5.99. The maximum Gasteiger partial charge on any atom is 0.226 e. The zero-order valence-corrected chi connectivity index (χ0v) is 17.3. The van der Waals surface area contributed by atoms with E-state index in [1.807, 2.05) is 0 Å². The molecule has 2 N–H and O–H groups in total. The maximum absolute atomic E-state index is 13.7. The van der Waals surface area contributed by atoms with Gasteiger partial charge < -0.3 is 10.2 Å². The molecule has 1 aromatic rings. The van der Waals surface area contributed by atoms with Crippen molar-refractivity contribution >= 4 is 5.91 Å². The molecular formula is C25H35N2O+. The van der Waals surface area contributed by atoms with Crippen molar-refractivity contribution < 1.29 is 9.69 Å². The first-order valence-corrected chi connectivity index (χ1v) is 11.8. The highest BCUT2D eigenvalue weighted by atomic mass is 16.2. The lowest BCUT2D eigenvalue weighted by molar-refractivity contribution is -0.917. The van der Waals surface area contributed by atoms with Crippen LogP contribution >= 0.6 is 0 Å². The molecule has 3 heteroatoms. The molecule has 8 rings (SSSR count). The molecule has 0 radical (unpaired) electrons. The molecule has 2 unspecified atom stereocenters. The highest BCUT2D eigenvalue weighted by molar-refractivity contribution is 5.84. The Hall–Kier alpha value is -1.35. The van der Waals surface area contributed by atoms with Crippen molar-refractivity contribution in [1.82, 2.24) is 5.32 Å². The van der Waals surface area contributed by atoms with E-state index in [4.69, 9.17) is 0 Å². The number of fused-ring (bicyclic) bond motifs is 3. The Balaban J connectivity index is 1.28. The van der Waals surface area contributed by atoms with Gasteiger partial charge >= 0.3 is 0 Å². The van der Waals surface area contributed by atoms with Gasteiger partial charge in [0.25, 0.3) is 0 Å². The number of quaternary nitrogens is 1. The first kappa shape index (κ1) is 17.5. The van der Waals surface area contributed by atoms with Crippen molar-refractivity contribution in [3.05, 3.63) is 35.4 Å². The number of aryl methyl sites for hydroxylation is 1. The van der Waals surface area contributed by atoms with E-state index in [1.165, 1.54) is 62.9 Å². The Bertz CT molecular complexity index is 762. The summed E-state index contributed by atoms with van der Waals surface area (Å²) in [5, 5.41) is 3.63. The number of amides is 1. The van der Waals surface area contributed by atoms with Crippen molar-refractivity contribution in [3.63, 3.8) is 0 Å². The molecule has 150 valence electrons. The Kier molecular flexibility index (Phi) is 3.80. The largest absolute Gasteiger partial charge is 0.347 e. The fraction of sp³-hybridized carbons (Fsp3) is 0.720. The molecule has 4 saturated carbocycles. The molecule has 1 amide bonds. The van der Waals surface area contributed by atoms with Crippen LogP contribution in [0.15, 0.2) is 24.3 Å². The van der Waals surface area contributed by atoms with Gasteiger partial charge in [-0.05, 0) is 74.2 Å². The molecule has 3 nitrogen and oxygen atoms in total. The fourth-order valence-corrected chi connectivity index (χ4v) is 8.40. The lowest BCUT2D eigenvalue weighted by Crippen LogP contribution is -3.17. The molecule has 3 saturated heterocycles. The number of hydrogen-bond acceptors (Lipinski definition) is 1. The number of rotatable bonds is 3. The van der Waals surface area contributed by atoms with Gasteiger partial charge in [0.2, 0.25) is 5.91 Å². The second kappa shape index (κ2) is 6.08. The molecule has 4 aliphatic carbocycles. The topological polar surface area (TPSA) is 33.5 Å². The van der Waals surface area contributed by atoms with Crippen LogP contribution in [0.4, 0.5) is 0 Å². The molecule has 0 aromatic heterocycles. The summed E-state index contributed by atoms with van der Waals surface area (Å²) in [7, 11) is 0. The lowest BCUT2D eigenvalue weighted by Gasteiger charge is -2.62. The van der Waals surface area contributed by atoms with Gasteiger partial charge in [-0.15, -0.1) is 0 Å². The van der Waals surface area contributed by atoms with Crippen molar-refractivity contribution in [3.8, 4) is 0 Å². The van der Waals surface area contributed by atoms with Gasteiger partial charge in [-0.2, -0.15) is 0 Å². The molecule has 6 bridgehead atoms. The predicted octanol–water partition coefficient (Wildman–Crippen LogP) is 2.63. The highest BCUT2D eigenvalue weighted by Crippen LogP contribution is 2.65. The van der Waals surface area contributed by atoms with E-state index < -0.39 is 0 Å². The molecule has 3 heterocycles. The SMILES string of the molecule is Cc1ccc(C23C[C@@H]4C[C@@H](CC(C(=O)N[C@@H]5C[NH+]6CCC5CC6)(C4)C2)C3)cc1. The van der Waals surface area contributed by atoms with Gasteiger partial charge in [0, 0.05) is 12.8 Å². The van der Waals surface area contributed by atoms with Crippen molar-refractivity contribution in [2.75, 3.05) is 19.6 Å². The zero-order valence-electron chi connectivity index (χ0n) is 17.3. The fourth-order valence-electron chi connectivity index (χ4n) is 8.40. The van der Waals surface area contributed by atoms with Crippen molar-refractivity contribution in [2.24, 2.45) is 23.2 Å². The van der Waals surface area contributed by atoms with Gasteiger partial charge in [0.05, 0.1) is 31.1 Å². The lowest BCUT2D eigenvalue weighted by atomic mass is 9.42. The van der Waals surface area contributed by atoms with E-state index in [0.717, 1.165) is 37.0 Å². The number of carbonyl (C=O) groups excluding carboxylic acids is 1. The van der Waals surface area contributed by atoms with Gasteiger partial charge in [0.15, 0.2) is 0 Å².